The smallest absolute Gasteiger partial charge is 0.243 e. The van der Waals surface area contributed by atoms with Gasteiger partial charge in [-0.25, -0.2) is 5.48 Å². The second kappa shape index (κ2) is 9.88. The number of carbonyl (C=O) groups excluding carboxylic acids is 1. The Morgan fingerprint density at radius 3 is 2.48 bits per heavy atom. The molecule has 0 spiro atoms. The van der Waals surface area contributed by atoms with Crippen LogP contribution < -0.4 is 19.7 Å². The highest BCUT2D eigenvalue weighted by Crippen LogP contribution is 2.36. The Kier molecular flexibility index (Phi) is 8.04. The van der Waals surface area contributed by atoms with Crippen molar-refractivity contribution >= 4 is 5.91 Å². The number of hydroxylamine groups is 1. The minimum absolute atomic E-state index is 0.340. The van der Waals surface area contributed by atoms with Gasteiger partial charge in [0.25, 0.3) is 0 Å². The monoisotopic (exact) mass is 297 g/mol. The predicted octanol–water partition coefficient (Wildman–Crippen LogP) is 2.54. The summed E-state index contributed by atoms with van der Waals surface area (Å²) in [4.78, 5) is 10.8. The van der Waals surface area contributed by atoms with E-state index >= 15 is 0 Å². The van der Waals surface area contributed by atoms with Crippen molar-refractivity contribution in [1.29, 1.82) is 0 Å². The molecule has 0 radical (unpaired) electrons. The normalized spacial score (nSPS) is 10.0. The maximum atomic E-state index is 10.8. The lowest BCUT2D eigenvalue weighted by Gasteiger charge is -2.13. The fourth-order valence-corrected chi connectivity index (χ4v) is 1.95. The molecular weight excluding hydrogens is 274 g/mol. The van der Waals surface area contributed by atoms with E-state index in [2.05, 4.69) is 0 Å². The highest BCUT2D eigenvalue weighted by molar-refractivity contribution is 5.74. The topological polar surface area (TPSA) is 77.0 Å². The van der Waals surface area contributed by atoms with Gasteiger partial charge in [0.1, 0.15) is 0 Å². The van der Waals surface area contributed by atoms with Gasteiger partial charge in [0, 0.05) is 6.42 Å². The Bertz CT molecular complexity index is 436. The average molecular weight is 297 g/mol. The Morgan fingerprint density at radius 1 is 1.10 bits per heavy atom. The predicted molar refractivity (Wildman–Crippen MR) is 78.1 cm³/mol. The molecule has 0 bridgehead atoms. The summed E-state index contributed by atoms with van der Waals surface area (Å²) in [6, 6.07) is 5.51. The van der Waals surface area contributed by atoms with Crippen LogP contribution in [0.25, 0.3) is 0 Å². The molecule has 6 nitrogen and oxygen atoms in total. The summed E-state index contributed by atoms with van der Waals surface area (Å²) in [6.07, 6.45) is 3.88. The molecule has 0 fully saturated rings. The van der Waals surface area contributed by atoms with Gasteiger partial charge < -0.3 is 14.2 Å². The van der Waals surface area contributed by atoms with Gasteiger partial charge in [0.2, 0.25) is 11.7 Å². The van der Waals surface area contributed by atoms with Crippen molar-refractivity contribution in [2.45, 2.75) is 32.1 Å². The highest BCUT2D eigenvalue weighted by atomic mass is 16.5. The van der Waals surface area contributed by atoms with Gasteiger partial charge in [-0.2, -0.15) is 0 Å². The van der Waals surface area contributed by atoms with Crippen LogP contribution in [0.5, 0.6) is 17.2 Å². The van der Waals surface area contributed by atoms with E-state index < -0.39 is 0 Å². The zero-order valence-electron chi connectivity index (χ0n) is 12.6. The van der Waals surface area contributed by atoms with E-state index in [4.69, 9.17) is 19.4 Å². The number of rotatable bonds is 10. The summed E-state index contributed by atoms with van der Waals surface area (Å²) >= 11 is 0. The summed E-state index contributed by atoms with van der Waals surface area (Å²) in [6.45, 7) is 0.579. The van der Waals surface area contributed by atoms with Gasteiger partial charge in [0.15, 0.2) is 11.5 Å². The van der Waals surface area contributed by atoms with Crippen molar-refractivity contribution in [3.63, 3.8) is 0 Å². The molecule has 0 aromatic heterocycles. The minimum atomic E-state index is -0.340. The lowest BCUT2D eigenvalue weighted by atomic mass is 10.1. The molecule has 0 heterocycles. The molecular formula is C15H23NO5. The summed E-state index contributed by atoms with van der Waals surface area (Å²) in [5.74, 6) is 1.56. The first kappa shape index (κ1) is 17.1. The third-order valence-electron chi connectivity index (χ3n) is 3.05. The van der Waals surface area contributed by atoms with Crippen LogP contribution in [0.1, 0.15) is 32.1 Å². The Balaban J connectivity index is 2.25. The summed E-state index contributed by atoms with van der Waals surface area (Å²) in [7, 11) is 3.17. The van der Waals surface area contributed by atoms with E-state index in [1.807, 2.05) is 18.2 Å². The quantitative estimate of drug-likeness (QED) is 0.394. The largest absolute Gasteiger partial charge is 0.493 e. The number of unbranched alkanes of at least 4 members (excludes halogenated alkanes) is 3. The fraction of sp³-hybridized carbons (Fsp3) is 0.533. The van der Waals surface area contributed by atoms with Gasteiger partial charge in [-0.05, 0) is 25.0 Å². The van der Waals surface area contributed by atoms with Crippen molar-refractivity contribution in [3.8, 4) is 17.2 Å². The standard InChI is InChI=1S/C15H23NO5/c1-19-12-8-7-9-13(15(12)20-2)21-11-6-4-3-5-10-14(17)16-18/h7-9,18H,3-6,10-11H2,1-2H3,(H,16,17). The number of nitrogens with one attached hydrogen (secondary N) is 1. The van der Waals surface area contributed by atoms with Gasteiger partial charge in [-0.15, -0.1) is 0 Å². The van der Waals surface area contributed by atoms with E-state index in [-0.39, 0.29) is 5.91 Å². The molecule has 0 saturated heterocycles. The van der Waals surface area contributed by atoms with Gasteiger partial charge in [-0.3, -0.25) is 10.0 Å². The molecule has 0 unspecified atom stereocenters. The van der Waals surface area contributed by atoms with Crippen molar-refractivity contribution in [2.75, 3.05) is 20.8 Å². The second-order valence-electron chi connectivity index (χ2n) is 4.54. The molecule has 0 aliphatic carbocycles. The van der Waals surface area contributed by atoms with Crippen LogP contribution in [0.3, 0.4) is 0 Å². The van der Waals surface area contributed by atoms with Crippen LogP contribution in [0.15, 0.2) is 18.2 Å². The third kappa shape index (κ3) is 5.91. The minimum Gasteiger partial charge on any atom is -0.493 e. The number of methoxy groups -OCH3 is 2. The maximum Gasteiger partial charge on any atom is 0.243 e. The van der Waals surface area contributed by atoms with Crippen LogP contribution in [0, 0.1) is 0 Å². The van der Waals surface area contributed by atoms with E-state index in [0.29, 0.717) is 30.3 Å². The Morgan fingerprint density at radius 2 is 1.81 bits per heavy atom. The van der Waals surface area contributed by atoms with E-state index in [9.17, 15) is 4.79 Å². The average Bonchev–Trinajstić information content (AvgIpc) is 2.53. The molecule has 0 atom stereocenters. The number of benzene rings is 1. The van der Waals surface area contributed by atoms with Gasteiger partial charge >= 0.3 is 0 Å². The van der Waals surface area contributed by atoms with Crippen LogP contribution in [0.4, 0.5) is 0 Å². The van der Waals surface area contributed by atoms with Crippen LogP contribution in [0.2, 0.25) is 0 Å². The first-order valence-electron chi connectivity index (χ1n) is 6.99. The van der Waals surface area contributed by atoms with Gasteiger partial charge in [-0.1, -0.05) is 18.9 Å². The maximum absolute atomic E-state index is 10.8. The first-order valence-corrected chi connectivity index (χ1v) is 6.99. The lowest BCUT2D eigenvalue weighted by molar-refractivity contribution is -0.129. The highest BCUT2D eigenvalue weighted by Gasteiger charge is 2.10. The molecule has 1 aromatic carbocycles. The number of hydrogen-bond acceptors (Lipinski definition) is 5. The van der Waals surface area contributed by atoms with E-state index in [1.54, 1.807) is 19.7 Å². The van der Waals surface area contributed by atoms with Crippen molar-refractivity contribution in [2.24, 2.45) is 0 Å². The summed E-state index contributed by atoms with van der Waals surface area (Å²) < 4.78 is 16.2. The number of para-hydroxylation sites is 1. The molecule has 1 aromatic rings. The zero-order chi connectivity index (χ0) is 15.5. The molecule has 0 saturated carbocycles. The second-order valence-corrected chi connectivity index (χ2v) is 4.54. The SMILES string of the molecule is COc1cccc(OCCCCCCC(=O)NO)c1OC. The van der Waals surface area contributed by atoms with E-state index in [0.717, 1.165) is 25.7 Å². The first-order chi connectivity index (χ1) is 10.2. The van der Waals surface area contributed by atoms with Crippen LogP contribution in [-0.4, -0.2) is 31.9 Å². The molecule has 1 rings (SSSR count). The number of amides is 1. The molecule has 0 aliphatic heterocycles. The Labute approximate surface area is 125 Å². The zero-order valence-corrected chi connectivity index (χ0v) is 12.6. The third-order valence-corrected chi connectivity index (χ3v) is 3.05. The van der Waals surface area contributed by atoms with Crippen molar-refractivity contribution < 1.29 is 24.2 Å². The molecule has 2 N–H and O–H groups in total. The Hall–Kier alpha value is -1.95. The van der Waals surface area contributed by atoms with E-state index in [1.165, 1.54) is 0 Å². The number of hydrogen-bond donors (Lipinski definition) is 2. The van der Waals surface area contributed by atoms with Crippen LogP contribution >= 0.6 is 0 Å². The van der Waals surface area contributed by atoms with Crippen molar-refractivity contribution in [1.82, 2.24) is 5.48 Å². The molecule has 118 valence electrons. The molecule has 1 amide bonds. The molecule has 21 heavy (non-hydrogen) atoms. The lowest BCUT2D eigenvalue weighted by Crippen LogP contribution is -2.17. The van der Waals surface area contributed by atoms with Crippen LogP contribution in [-0.2, 0) is 4.79 Å². The molecule has 0 aliphatic rings. The summed E-state index contributed by atoms with van der Waals surface area (Å²) in [5.41, 5.74) is 1.62. The summed E-state index contributed by atoms with van der Waals surface area (Å²) in [5, 5.41) is 8.35. The molecule has 6 heteroatoms. The number of ether oxygens (including phenoxy) is 3. The van der Waals surface area contributed by atoms with Crippen molar-refractivity contribution in [3.05, 3.63) is 18.2 Å². The number of carbonyl (C=O) groups is 1. The van der Waals surface area contributed by atoms with Gasteiger partial charge in [0.05, 0.1) is 20.8 Å². The fourth-order valence-electron chi connectivity index (χ4n) is 1.95.